The summed E-state index contributed by atoms with van der Waals surface area (Å²) in [6.07, 6.45) is 4.42. The van der Waals surface area contributed by atoms with Crippen molar-refractivity contribution in [3.8, 4) is 0 Å². The van der Waals surface area contributed by atoms with Crippen molar-refractivity contribution in [3.05, 3.63) is 30.1 Å². The molecule has 0 bridgehead atoms. The smallest absolute Gasteiger partial charge is 0.242 e. The second-order valence-electron chi connectivity index (χ2n) is 6.81. The van der Waals surface area contributed by atoms with Crippen LogP contribution in [0.15, 0.2) is 24.5 Å². The van der Waals surface area contributed by atoms with Crippen LogP contribution >= 0.6 is 0 Å². The average Bonchev–Trinajstić information content (AvgIpc) is 2.63. The Bertz CT molecular complexity index is 550. The molecule has 3 atom stereocenters. The molecule has 1 aromatic heterocycles. The van der Waals surface area contributed by atoms with E-state index in [0.717, 1.165) is 12.0 Å². The Morgan fingerprint density at radius 1 is 1.19 bits per heavy atom. The van der Waals surface area contributed by atoms with Crippen molar-refractivity contribution in [1.82, 2.24) is 26.3 Å². The molecule has 0 aliphatic carbocycles. The molecule has 4 N–H and O–H groups in total. The molecule has 0 aromatic carbocycles. The van der Waals surface area contributed by atoms with Crippen molar-refractivity contribution in [2.45, 2.75) is 52.2 Å². The van der Waals surface area contributed by atoms with Crippen molar-refractivity contribution in [1.29, 1.82) is 0 Å². The summed E-state index contributed by atoms with van der Waals surface area (Å²) in [6, 6.07) is 3.21. The van der Waals surface area contributed by atoms with E-state index in [0.29, 0.717) is 13.1 Å². The largest absolute Gasteiger partial charge is 0.355 e. The minimum absolute atomic E-state index is 0.0216. The third kappa shape index (κ3) is 7.49. The summed E-state index contributed by atoms with van der Waals surface area (Å²) in [4.78, 5) is 28.7. The van der Waals surface area contributed by atoms with Crippen LogP contribution in [0.3, 0.4) is 0 Å². The highest BCUT2D eigenvalue weighted by Gasteiger charge is 2.25. The zero-order valence-electron chi connectivity index (χ0n) is 16.5. The average molecular weight is 364 g/mol. The number of carbonyl (C=O) groups is 2. The van der Waals surface area contributed by atoms with Gasteiger partial charge in [-0.15, -0.1) is 0 Å². The lowest BCUT2D eigenvalue weighted by atomic mass is 10.0. The second kappa shape index (κ2) is 11.6. The lowest BCUT2D eigenvalue weighted by Gasteiger charge is -2.25. The molecule has 0 unspecified atom stereocenters. The Hall–Kier alpha value is -1.99. The van der Waals surface area contributed by atoms with E-state index >= 15 is 0 Å². The molecule has 0 aliphatic heterocycles. The molecule has 1 heterocycles. The fourth-order valence-corrected chi connectivity index (χ4v) is 2.59. The molecule has 0 radical (unpaired) electrons. The minimum atomic E-state index is -0.526. The number of aromatic nitrogens is 1. The zero-order chi connectivity index (χ0) is 19.5. The lowest BCUT2D eigenvalue weighted by molar-refractivity contribution is -0.130. The maximum absolute atomic E-state index is 12.4. The first kappa shape index (κ1) is 22.1. The molecule has 7 nitrogen and oxygen atoms in total. The molecular formula is C19H33N5O2. The number of nitrogens with one attached hydrogen (secondary N) is 4. The van der Waals surface area contributed by atoms with Crippen LogP contribution in [0.4, 0.5) is 0 Å². The molecule has 146 valence electrons. The number of pyridine rings is 1. The Morgan fingerprint density at radius 2 is 1.92 bits per heavy atom. The molecule has 7 heteroatoms. The minimum Gasteiger partial charge on any atom is -0.355 e. The highest BCUT2D eigenvalue weighted by atomic mass is 16.2. The molecule has 0 aliphatic rings. The van der Waals surface area contributed by atoms with Crippen LogP contribution < -0.4 is 21.3 Å². The van der Waals surface area contributed by atoms with E-state index in [1.54, 1.807) is 13.1 Å². The summed E-state index contributed by atoms with van der Waals surface area (Å²) >= 11 is 0. The first-order chi connectivity index (χ1) is 12.4. The van der Waals surface area contributed by atoms with Crippen LogP contribution in [-0.4, -0.2) is 55.1 Å². The standard InChI is InChI=1S/C19H33N5O2/c1-6-22-19(26)17(13(2)3)24-18(25)14(4)23-12-16(20-5)10-15-8-7-9-21-11-15/h7-9,11,13-14,16-17,20,23H,6,10,12H2,1-5H3,(H,22,26)(H,24,25)/t14-,16-,17-/m0/s1. The fourth-order valence-electron chi connectivity index (χ4n) is 2.59. The van der Waals surface area contributed by atoms with Crippen LogP contribution in [0.2, 0.25) is 0 Å². The maximum Gasteiger partial charge on any atom is 0.242 e. The van der Waals surface area contributed by atoms with Gasteiger partial charge in [0.05, 0.1) is 6.04 Å². The third-order valence-electron chi connectivity index (χ3n) is 4.27. The van der Waals surface area contributed by atoms with Gasteiger partial charge in [0.1, 0.15) is 6.04 Å². The quantitative estimate of drug-likeness (QED) is 0.458. The van der Waals surface area contributed by atoms with E-state index in [9.17, 15) is 9.59 Å². The summed E-state index contributed by atoms with van der Waals surface area (Å²) in [5, 5.41) is 12.1. The van der Waals surface area contributed by atoms with E-state index in [1.165, 1.54) is 0 Å². The molecule has 0 saturated carbocycles. The van der Waals surface area contributed by atoms with Gasteiger partial charge in [-0.1, -0.05) is 19.9 Å². The number of likely N-dealkylation sites (N-methyl/N-ethyl adjacent to an activating group) is 2. The van der Waals surface area contributed by atoms with Crippen LogP contribution in [0.1, 0.15) is 33.3 Å². The Kier molecular flexibility index (Phi) is 9.83. The normalized spacial score (nSPS) is 14.5. The molecule has 2 amide bonds. The monoisotopic (exact) mass is 363 g/mol. The molecule has 0 spiro atoms. The number of nitrogens with zero attached hydrogens (tertiary/aromatic N) is 1. The third-order valence-corrected chi connectivity index (χ3v) is 4.27. The van der Waals surface area contributed by atoms with Gasteiger partial charge in [-0.2, -0.15) is 0 Å². The van der Waals surface area contributed by atoms with Gasteiger partial charge in [0.15, 0.2) is 0 Å². The maximum atomic E-state index is 12.4. The van der Waals surface area contributed by atoms with Gasteiger partial charge in [-0.25, -0.2) is 0 Å². The van der Waals surface area contributed by atoms with Gasteiger partial charge in [-0.05, 0) is 44.9 Å². The van der Waals surface area contributed by atoms with E-state index in [-0.39, 0.29) is 23.8 Å². The summed E-state index contributed by atoms with van der Waals surface area (Å²) in [7, 11) is 1.90. The zero-order valence-corrected chi connectivity index (χ0v) is 16.5. The predicted octanol–water partition coefficient (Wildman–Crippen LogP) is 0.467. The van der Waals surface area contributed by atoms with Gasteiger partial charge in [0.25, 0.3) is 0 Å². The topological polar surface area (TPSA) is 95.2 Å². The molecule has 0 saturated heterocycles. The lowest BCUT2D eigenvalue weighted by Crippen LogP contribution is -2.55. The van der Waals surface area contributed by atoms with Crippen LogP contribution in [0, 0.1) is 5.92 Å². The first-order valence-corrected chi connectivity index (χ1v) is 9.26. The van der Waals surface area contributed by atoms with Crippen molar-refractivity contribution >= 4 is 11.8 Å². The molecule has 1 aromatic rings. The van der Waals surface area contributed by atoms with Gasteiger partial charge in [-0.3, -0.25) is 14.6 Å². The Morgan fingerprint density at radius 3 is 2.46 bits per heavy atom. The van der Waals surface area contributed by atoms with E-state index in [1.807, 2.05) is 46.1 Å². The van der Waals surface area contributed by atoms with Gasteiger partial charge < -0.3 is 21.3 Å². The molecule has 1 rings (SSSR count). The van der Waals surface area contributed by atoms with Gasteiger partial charge >= 0.3 is 0 Å². The van der Waals surface area contributed by atoms with Crippen molar-refractivity contribution < 1.29 is 9.59 Å². The van der Waals surface area contributed by atoms with E-state index < -0.39 is 12.1 Å². The SMILES string of the molecule is CCNC(=O)[C@@H](NC(=O)[C@H](C)NC[C@H](Cc1cccnc1)NC)C(C)C. The van der Waals surface area contributed by atoms with Gasteiger partial charge in [0.2, 0.25) is 11.8 Å². The Balaban J connectivity index is 2.52. The van der Waals surface area contributed by atoms with Crippen molar-refractivity contribution in [2.24, 2.45) is 5.92 Å². The molecule has 0 fully saturated rings. The summed E-state index contributed by atoms with van der Waals surface area (Å²) in [6.45, 7) is 8.69. The molecule has 26 heavy (non-hydrogen) atoms. The second-order valence-corrected chi connectivity index (χ2v) is 6.81. The summed E-state index contributed by atoms with van der Waals surface area (Å²) in [5.41, 5.74) is 1.14. The molecular weight excluding hydrogens is 330 g/mol. The van der Waals surface area contributed by atoms with E-state index in [2.05, 4.69) is 26.3 Å². The Labute approximate surface area is 156 Å². The first-order valence-electron chi connectivity index (χ1n) is 9.26. The number of amides is 2. The van der Waals surface area contributed by atoms with Crippen LogP contribution in [0.25, 0.3) is 0 Å². The number of hydrogen-bond acceptors (Lipinski definition) is 5. The van der Waals surface area contributed by atoms with Gasteiger partial charge in [0, 0.05) is 31.5 Å². The summed E-state index contributed by atoms with van der Waals surface area (Å²) < 4.78 is 0. The van der Waals surface area contributed by atoms with Crippen molar-refractivity contribution in [3.63, 3.8) is 0 Å². The highest BCUT2D eigenvalue weighted by molar-refractivity contribution is 5.89. The number of carbonyl (C=O) groups excluding carboxylic acids is 2. The number of hydrogen-bond donors (Lipinski definition) is 4. The predicted molar refractivity (Wildman–Crippen MR) is 104 cm³/mol. The van der Waals surface area contributed by atoms with Crippen LogP contribution in [-0.2, 0) is 16.0 Å². The van der Waals surface area contributed by atoms with E-state index in [4.69, 9.17) is 0 Å². The van der Waals surface area contributed by atoms with Crippen LogP contribution in [0.5, 0.6) is 0 Å². The fraction of sp³-hybridized carbons (Fsp3) is 0.632. The highest BCUT2D eigenvalue weighted by Crippen LogP contribution is 2.03. The van der Waals surface area contributed by atoms with Crippen molar-refractivity contribution in [2.75, 3.05) is 20.1 Å². The summed E-state index contributed by atoms with van der Waals surface area (Å²) in [5.74, 6) is -0.299. The number of rotatable bonds is 11.